The van der Waals surface area contributed by atoms with Crippen molar-refractivity contribution in [2.45, 2.75) is 0 Å². The van der Waals surface area contributed by atoms with Crippen molar-refractivity contribution >= 4 is 33.3 Å². The number of nitrogen functional groups attached to an aromatic ring is 1. The molecule has 0 radical (unpaired) electrons. The van der Waals surface area contributed by atoms with Crippen molar-refractivity contribution in [2.75, 3.05) is 5.73 Å². The average molecular weight is 303 g/mol. The molecule has 0 aliphatic heterocycles. The summed E-state index contributed by atoms with van der Waals surface area (Å²) in [4.78, 5) is 7.92. The molecule has 1 aromatic carbocycles. The normalized spacial score (nSPS) is 10.4. The standard InChI is InChI=1S/C10H6BrClFN3/c11-8-10(14)16-9(12)7(15-8)5-3-1-2-4-6(5)13/h1-4H,(H2,14,16). The van der Waals surface area contributed by atoms with Gasteiger partial charge in [0.2, 0.25) is 0 Å². The van der Waals surface area contributed by atoms with Crippen LogP contribution < -0.4 is 5.73 Å². The maximum Gasteiger partial charge on any atom is 0.158 e. The summed E-state index contributed by atoms with van der Waals surface area (Å²) in [5.41, 5.74) is 6.06. The van der Waals surface area contributed by atoms with E-state index < -0.39 is 5.82 Å². The minimum Gasteiger partial charge on any atom is -0.381 e. The summed E-state index contributed by atoms with van der Waals surface area (Å²) in [6, 6.07) is 6.19. The van der Waals surface area contributed by atoms with Gasteiger partial charge in [-0.15, -0.1) is 0 Å². The number of hydrogen-bond donors (Lipinski definition) is 1. The number of nitrogens with two attached hydrogens (primary N) is 1. The first-order valence-corrected chi connectivity index (χ1v) is 5.50. The summed E-state index contributed by atoms with van der Waals surface area (Å²) >= 11 is 8.99. The van der Waals surface area contributed by atoms with E-state index in [1.807, 2.05) is 0 Å². The monoisotopic (exact) mass is 301 g/mol. The molecule has 0 spiro atoms. The fourth-order valence-electron chi connectivity index (χ4n) is 1.23. The van der Waals surface area contributed by atoms with E-state index in [2.05, 4.69) is 25.9 Å². The van der Waals surface area contributed by atoms with Gasteiger partial charge in [0.15, 0.2) is 11.0 Å². The third-order valence-electron chi connectivity index (χ3n) is 1.96. The van der Waals surface area contributed by atoms with Crippen LogP contribution in [0.3, 0.4) is 0 Å². The summed E-state index contributed by atoms with van der Waals surface area (Å²) < 4.78 is 13.9. The van der Waals surface area contributed by atoms with E-state index in [0.717, 1.165) is 0 Å². The first kappa shape index (κ1) is 11.3. The van der Waals surface area contributed by atoms with Crippen molar-refractivity contribution in [2.24, 2.45) is 0 Å². The minimum atomic E-state index is -0.407. The minimum absolute atomic E-state index is 0.0748. The van der Waals surface area contributed by atoms with Crippen molar-refractivity contribution < 1.29 is 4.39 Å². The molecule has 1 aromatic heterocycles. The van der Waals surface area contributed by atoms with Crippen LogP contribution in [0.4, 0.5) is 10.2 Å². The molecule has 0 bridgehead atoms. The SMILES string of the molecule is Nc1nc(Cl)c(-c2ccccc2F)nc1Br. The Morgan fingerprint density at radius 1 is 1.25 bits per heavy atom. The van der Waals surface area contributed by atoms with Crippen LogP contribution in [0, 0.1) is 5.82 Å². The number of hydrogen-bond acceptors (Lipinski definition) is 3. The summed E-state index contributed by atoms with van der Waals surface area (Å²) in [6.45, 7) is 0. The molecule has 0 aliphatic carbocycles. The van der Waals surface area contributed by atoms with Crippen LogP contribution in [0.25, 0.3) is 11.3 Å². The largest absolute Gasteiger partial charge is 0.381 e. The van der Waals surface area contributed by atoms with Crippen molar-refractivity contribution in [3.8, 4) is 11.3 Å². The Hall–Kier alpha value is -1.20. The molecule has 16 heavy (non-hydrogen) atoms. The lowest BCUT2D eigenvalue weighted by Gasteiger charge is -2.06. The molecule has 3 nitrogen and oxygen atoms in total. The Balaban J connectivity index is 2.65. The van der Waals surface area contributed by atoms with E-state index in [0.29, 0.717) is 10.2 Å². The summed E-state index contributed by atoms with van der Waals surface area (Å²) in [7, 11) is 0. The fraction of sp³-hybridized carbons (Fsp3) is 0. The second kappa shape index (κ2) is 4.35. The summed E-state index contributed by atoms with van der Waals surface area (Å²) in [5, 5.41) is 0.0748. The molecule has 0 aliphatic rings. The third kappa shape index (κ3) is 2.01. The van der Waals surface area contributed by atoms with Gasteiger partial charge in [-0.1, -0.05) is 23.7 Å². The van der Waals surface area contributed by atoms with Crippen LogP contribution >= 0.6 is 27.5 Å². The van der Waals surface area contributed by atoms with E-state index in [1.54, 1.807) is 18.2 Å². The van der Waals surface area contributed by atoms with Crippen LogP contribution in [-0.2, 0) is 0 Å². The van der Waals surface area contributed by atoms with Crippen molar-refractivity contribution in [3.63, 3.8) is 0 Å². The Morgan fingerprint density at radius 2 is 1.94 bits per heavy atom. The zero-order valence-corrected chi connectivity index (χ0v) is 10.3. The van der Waals surface area contributed by atoms with Crippen LogP contribution in [0.15, 0.2) is 28.9 Å². The maximum absolute atomic E-state index is 13.5. The van der Waals surface area contributed by atoms with E-state index in [1.165, 1.54) is 6.07 Å². The molecule has 82 valence electrons. The van der Waals surface area contributed by atoms with E-state index in [4.69, 9.17) is 17.3 Å². The van der Waals surface area contributed by atoms with E-state index in [-0.39, 0.29) is 16.7 Å². The van der Waals surface area contributed by atoms with Gasteiger partial charge in [0.1, 0.15) is 16.1 Å². The highest BCUT2D eigenvalue weighted by Gasteiger charge is 2.13. The Labute approximate surface area is 105 Å². The Bertz CT molecular complexity index is 548. The van der Waals surface area contributed by atoms with Crippen LogP contribution in [0.2, 0.25) is 5.15 Å². The molecule has 1 heterocycles. The summed E-state index contributed by atoms with van der Waals surface area (Å²) in [6.07, 6.45) is 0. The zero-order chi connectivity index (χ0) is 11.7. The second-order valence-electron chi connectivity index (χ2n) is 3.02. The predicted octanol–water partition coefficient (Wildman–Crippen LogP) is 3.28. The van der Waals surface area contributed by atoms with Crippen molar-refractivity contribution in [3.05, 3.63) is 39.8 Å². The predicted molar refractivity (Wildman–Crippen MR) is 64.5 cm³/mol. The van der Waals surface area contributed by atoms with Gasteiger partial charge in [-0.2, -0.15) is 0 Å². The van der Waals surface area contributed by atoms with Crippen LogP contribution in [0.1, 0.15) is 0 Å². The lowest BCUT2D eigenvalue weighted by Crippen LogP contribution is -1.98. The van der Waals surface area contributed by atoms with Gasteiger partial charge in [0.05, 0.1) is 0 Å². The average Bonchev–Trinajstić information content (AvgIpc) is 2.25. The Morgan fingerprint density at radius 3 is 2.62 bits per heavy atom. The lowest BCUT2D eigenvalue weighted by atomic mass is 10.1. The number of anilines is 1. The fourth-order valence-corrected chi connectivity index (χ4v) is 1.73. The number of aromatic nitrogens is 2. The van der Waals surface area contributed by atoms with Gasteiger partial charge in [0.25, 0.3) is 0 Å². The molecular weight excluding hydrogens is 296 g/mol. The number of halogens is 3. The molecular formula is C10H6BrClFN3. The number of benzene rings is 1. The smallest absolute Gasteiger partial charge is 0.158 e. The molecule has 2 aromatic rings. The van der Waals surface area contributed by atoms with Gasteiger partial charge < -0.3 is 5.73 Å². The van der Waals surface area contributed by atoms with Crippen molar-refractivity contribution in [1.29, 1.82) is 0 Å². The van der Waals surface area contributed by atoms with Gasteiger partial charge in [-0.05, 0) is 28.1 Å². The van der Waals surface area contributed by atoms with Crippen molar-refractivity contribution in [1.82, 2.24) is 9.97 Å². The highest BCUT2D eigenvalue weighted by Crippen LogP contribution is 2.29. The van der Waals surface area contributed by atoms with Gasteiger partial charge in [-0.3, -0.25) is 0 Å². The maximum atomic E-state index is 13.5. The van der Waals surface area contributed by atoms with Gasteiger partial charge >= 0.3 is 0 Å². The molecule has 0 atom stereocenters. The lowest BCUT2D eigenvalue weighted by molar-refractivity contribution is 0.630. The van der Waals surface area contributed by atoms with Crippen LogP contribution in [-0.4, -0.2) is 9.97 Å². The summed E-state index contributed by atoms with van der Waals surface area (Å²) in [5.74, 6) is -0.236. The van der Waals surface area contributed by atoms with E-state index in [9.17, 15) is 4.39 Å². The number of rotatable bonds is 1. The quantitative estimate of drug-likeness (QED) is 0.879. The molecule has 2 rings (SSSR count). The second-order valence-corrected chi connectivity index (χ2v) is 4.13. The molecule has 0 saturated heterocycles. The van der Waals surface area contributed by atoms with E-state index >= 15 is 0 Å². The molecule has 0 unspecified atom stereocenters. The molecule has 0 amide bonds. The first-order valence-electron chi connectivity index (χ1n) is 4.33. The molecule has 6 heteroatoms. The van der Waals surface area contributed by atoms with Crippen LogP contribution in [0.5, 0.6) is 0 Å². The highest BCUT2D eigenvalue weighted by atomic mass is 79.9. The zero-order valence-electron chi connectivity index (χ0n) is 7.92. The molecule has 2 N–H and O–H groups in total. The molecule has 0 saturated carbocycles. The van der Waals surface area contributed by atoms with Gasteiger partial charge in [-0.25, -0.2) is 14.4 Å². The topological polar surface area (TPSA) is 51.8 Å². The Kier molecular flexibility index (Phi) is 3.07. The molecule has 0 fully saturated rings. The van der Waals surface area contributed by atoms with Gasteiger partial charge in [0, 0.05) is 5.56 Å². The third-order valence-corrected chi connectivity index (χ3v) is 2.81. The highest BCUT2D eigenvalue weighted by molar-refractivity contribution is 9.10. The first-order chi connectivity index (χ1) is 7.59. The number of nitrogens with zero attached hydrogens (tertiary/aromatic N) is 2.